The fourth-order valence-corrected chi connectivity index (χ4v) is 3.34. The highest BCUT2D eigenvalue weighted by Gasteiger charge is 2.33. The number of rotatable bonds is 0. The van der Waals surface area contributed by atoms with Gasteiger partial charge in [-0.05, 0) is 6.07 Å². The molecule has 0 radical (unpaired) electrons. The molecule has 13 heavy (non-hydrogen) atoms. The van der Waals surface area contributed by atoms with Crippen molar-refractivity contribution in [2.45, 2.75) is 4.90 Å². The van der Waals surface area contributed by atoms with Crippen LogP contribution in [0.3, 0.4) is 0 Å². The van der Waals surface area contributed by atoms with E-state index >= 15 is 0 Å². The van der Waals surface area contributed by atoms with Crippen LogP contribution in [-0.4, -0.2) is 8.42 Å². The van der Waals surface area contributed by atoms with Crippen molar-refractivity contribution in [3.05, 3.63) is 34.2 Å². The third-order valence-corrected chi connectivity index (χ3v) is 4.83. The Kier molecular flexibility index (Phi) is 1.91. The summed E-state index contributed by atoms with van der Waals surface area (Å²) in [6, 6.07) is 6.47. The molecule has 0 bridgehead atoms. The van der Waals surface area contributed by atoms with Gasteiger partial charge >= 0.3 is 0 Å². The Morgan fingerprint density at radius 2 is 1.69 bits per heavy atom. The summed E-state index contributed by atoms with van der Waals surface area (Å²) in [7, 11) is -3.52. The molecule has 0 saturated heterocycles. The first kappa shape index (κ1) is 9.06. The van der Waals surface area contributed by atoms with Crippen LogP contribution in [-0.2, 0) is 9.84 Å². The van der Waals surface area contributed by atoms with E-state index < -0.39 is 9.84 Å². The van der Waals surface area contributed by atoms with E-state index in [4.69, 9.17) is 23.2 Å². The molecule has 0 N–H and O–H groups in total. The summed E-state index contributed by atoms with van der Waals surface area (Å²) in [5, 5.41) is 0.109. The lowest BCUT2D eigenvalue weighted by Crippen LogP contribution is -1.95. The van der Waals surface area contributed by atoms with E-state index in [9.17, 15) is 8.42 Å². The minimum atomic E-state index is -3.52. The quantitative estimate of drug-likeness (QED) is 0.692. The number of hydrogen-bond donors (Lipinski definition) is 0. The maximum Gasteiger partial charge on any atom is 0.219 e. The van der Waals surface area contributed by atoms with Crippen molar-refractivity contribution in [3.63, 3.8) is 0 Å². The van der Waals surface area contributed by atoms with Crippen LogP contribution in [0, 0.1) is 0 Å². The molecule has 0 atom stereocenters. The Morgan fingerprint density at radius 3 is 2.31 bits per heavy atom. The summed E-state index contributed by atoms with van der Waals surface area (Å²) >= 11 is 11.3. The molecule has 0 spiro atoms. The molecular weight excluding hydrogens is 231 g/mol. The standard InChI is InChI=1S/C8H4Cl2O2S/c9-7-5-3-1-2-4-6(5)13(11,12)8(7)10/h1-4H. The molecule has 5 heteroatoms. The van der Waals surface area contributed by atoms with E-state index in [0.717, 1.165) is 0 Å². The van der Waals surface area contributed by atoms with E-state index in [0.29, 0.717) is 5.56 Å². The second-order valence-corrected chi connectivity index (χ2v) is 5.42. The summed E-state index contributed by atoms with van der Waals surface area (Å²) in [5.74, 6) is 0. The minimum absolute atomic E-state index is 0.109. The number of sulfone groups is 1. The van der Waals surface area contributed by atoms with Crippen LogP contribution >= 0.6 is 23.2 Å². The van der Waals surface area contributed by atoms with Gasteiger partial charge in [0, 0.05) is 5.56 Å². The molecule has 1 aromatic carbocycles. The molecule has 0 saturated carbocycles. The third-order valence-electron chi connectivity index (χ3n) is 1.82. The van der Waals surface area contributed by atoms with Crippen LogP contribution in [0.4, 0.5) is 0 Å². The topological polar surface area (TPSA) is 34.1 Å². The molecule has 2 nitrogen and oxygen atoms in total. The Balaban J connectivity index is 2.90. The van der Waals surface area contributed by atoms with Gasteiger partial charge in [-0.1, -0.05) is 41.4 Å². The maximum absolute atomic E-state index is 11.5. The van der Waals surface area contributed by atoms with Crippen LogP contribution in [0.25, 0.3) is 5.03 Å². The van der Waals surface area contributed by atoms with Crippen molar-refractivity contribution in [1.82, 2.24) is 0 Å². The fourth-order valence-electron chi connectivity index (χ4n) is 1.20. The lowest BCUT2D eigenvalue weighted by Gasteiger charge is -1.96. The van der Waals surface area contributed by atoms with Gasteiger partial charge < -0.3 is 0 Å². The second kappa shape index (κ2) is 2.74. The SMILES string of the molecule is O=S1(=O)C(Cl)=C(Cl)c2ccccc21. The predicted octanol–water partition coefficient (Wildman–Crippen LogP) is 2.58. The van der Waals surface area contributed by atoms with Gasteiger partial charge in [0.05, 0.1) is 9.93 Å². The first-order valence-corrected chi connectivity index (χ1v) is 5.69. The number of benzene rings is 1. The zero-order valence-corrected chi connectivity index (χ0v) is 8.62. The summed E-state index contributed by atoms with van der Waals surface area (Å²) in [5.41, 5.74) is 0.481. The van der Waals surface area contributed by atoms with Crippen LogP contribution in [0.5, 0.6) is 0 Å². The van der Waals surface area contributed by atoms with Crippen LogP contribution in [0.15, 0.2) is 33.5 Å². The van der Waals surface area contributed by atoms with Gasteiger partial charge in [-0.2, -0.15) is 0 Å². The Hall–Kier alpha value is -0.510. The van der Waals surface area contributed by atoms with Crippen molar-refractivity contribution in [2.24, 2.45) is 0 Å². The van der Waals surface area contributed by atoms with Crippen LogP contribution < -0.4 is 0 Å². The molecule has 1 aliphatic heterocycles. The highest BCUT2D eigenvalue weighted by atomic mass is 35.5. The molecule has 2 rings (SSSR count). The van der Waals surface area contributed by atoms with Gasteiger partial charge in [0.25, 0.3) is 0 Å². The van der Waals surface area contributed by atoms with Gasteiger partial charge in [0.15, 0.2) is 4.36 Å². The van der Waals surface area contributed by atoms with Gasteiger partial charge in [0.1, 0.15) is 0 Å². The normalized spacial score (nSPS) is 18.9. The summed E-state index contributed by atoms with van der Waals surface area (Å²) in [6.07, 6.45) is 0. The van der Waals surface area contributed by atoms with E-state index in [1.165, 1.54) is 6.07 Å². The minimum Gasteiger partial charge on any atom is -0.218 e. The number of hydrogen-bond acceptors (Lipinski definition) is 2. The predicted molar refractivity (Wildman–Crippen MR) is 52.3 cm³/mol. The van der Waals surface area contributed by atoms with Gasteiger partial charge in [-0.25, -0.2) is 8.42 Å². The smallest absolute Gasteiger partial charge is 0.218 e. The molecule has 0 aliphatic carbocycles. The Morgan fingerprint density at radius 1 is 1.08 bits per heavy atom. The van der Waals surface area contributed by atoms with Crippen molar-refractivity contribution in [3.8, 4) is 0 Å². The first-order chi connectivity index (χ1) is 6.05. The van der Waals surface area contributed by atoms with Gasteiger partial charge in [-0.3, -0.25) is 0 Å². The van der Waals surface area contributed by atoms with E-state index in [1.54, 1.807) is 18.2 Å². The average molecular weight is 235 g/mol. The lowest BCUT2D eigenvalue weighted by atomic mass is 10.2. The third kappa shape index (κ3) is 1.11. The Labute approximate surface area is 85.7 Å². The van der Waals surface area contributed by atoms with Gasteiger partial charge in [-0.15, -0.1) is 0 Å². The zero-order chi connectivity index (χ0) is 9.64. The van der Waals surface area contributed by atoms with E-state index in [1.807, 2.05) is 0 Å². The van der Waals surface area contributed by atoms with Crippen molar-refractivity contribution in [1.29, 1.82) is 0 Å². The molecule has 68 valence electrons. The van der Waals surface area contributed by atoms with E-state index in [2.05, 4.69) is 0 Å². The Bertz CT molecular complexity index is 503. The molecule has 0 fully saturated rings. The van der Waals surface area contributed by atoms with Crippen molar-refractivity contribution >= 4 is 38.1 Å². The average Bonchev–Trinajstić information content (AvgIpc) is 2.30. The molecule has 1 aliphatic rings. The maximum atomic E-state index is 11.5. The largest absolute Gasteiger partial charge is 0.219 e. The zero-order valence-electron chi connectivity index (χ0n) is 6.29. The monoisotopic (exact) mass is 234 g/mol. The summed E-state index contributed by atoms with van der Waals surface area (Å²) < 4.78 is 22.8. The van der Waals surface area contributed by atoms with Crippen LogP contribution in [0.1, 0.15) is 5.56 Å². The molecule has 0 amide bonds. The summed E-state index contributed by atoms with van der Waals surface area (Å²) in [4.78, 5) is 0.185. The van der Waals surface area contributed by atoms with Crippen molar-refractivity contribution < 1.29 is 8.42 Å². The molecular formula is C8H4Cl2O2S. The van der Waals surface area contributed by atoms with Crippen molar-refractivity contribution in [2.75, 3.05) is 0 Å². The second-order valence-electron chi connectivity index (χ2n) is 2.59. The van der Waals surface area contributed by atoms with Crippen LogP contribution in [0.2, 0.25) is 0 Å². The highest BCUT2D eigenvalue weighted by Crippen LogP contribution is 2.42. The molecule has 0 aromatic heterocycles. The number of halogens is 2. The lowest BCUT2D eigenvalue weighted by molar-refractivity contribution is 0.605. The first-order valence-electron chi connectivity index (χ1n) is 3.45. The van der Waals surface area contributed by atoms with Gasteiger partial charge in [0.2, 0.25) is 9.84 Å². The highest BCUT2D eigenvalue weighted by molar-refractivity contribution is 7.97. The van der Waals surface area contributed by atoms with E-state index in [-0.39, 0.29) is 14.3 Å². The summed E-state index contributed by atoms with van der Waals surface area (Å²) in [6.45, 7) is 0. The molecule has 0 unspecified atom stereocenters. The fraction of sp³-hybridized carbons (Fsp3) is 0. The number of fused-ring (bicyclic) bond motifs is 1. The molecule has 1 heterocycles. The molecule has 1 aromatic rings.